The molecule has 0 aromatic heterocycles. The highest BCUT2D eigenvalue weighted by atomic mass is 16.7. The highest BCUT2D eigenvalue weighted by molar-refractivity contribution is 5.90. The molecule has 0 atom stereocenters. The topological polar surface area (TPSA) is 125 Å². The summed E-state index contributed by atoms with van der Waals surface area (Å²) in [5.41, 5.74) is 0.164. The molecule has 0 radical (unpaired) electrons. The average molecular weight is 315 g/mol. The summed E-state index contributed by atoms with van der Waals surface area (Å²) in [5, 5.41) is 24.6. The van der Waals surface area contributed by atoms with E-state index in [1.807, 2.05) is 0 Å². The van der Waals surface area contributed by atoms with E-state index in [0.29, 0.717) is 5.56 Å². The molecule has 0 aliphatic heterocycles. The molecule has 0 bridgehead atoms. The van der Waals surface area contributed by atoms with Crippen molar-refractivity contribution in [2.75, 3.05) is 0 Å². The lowest BCUT2D eigenvalue weighted by atomic mass is 10.2. The zero-order valence-corrected chi connectivity index (χ0v) is 11.5. The summed E-state index contributed by atoms with van der Waals surface area (Å²) < 4.78 is 0. The molecule has 2 aromatic rings. The van der Waals surface area contributed by atoms with Crippen molar-refractivity contribution in [2.45, 2.75) is 0 Å². The van der Waals surface area contributed by atoms with Gasteiger partial charge in [0, 0.05) is 24.3 Å². The Hall–Kier alpha value is -3.62. The third kappa shape index (κ3) is 4.17. The van der Waals surface area contributed by atoms with E-state index in [0.717, 1.165) is 6.07 Å². The number of nitro benzene ring substituents is 2. The van der Waals surface area contributed by atoms with Crippen molar-refractivity contribution in [3.05, 3.63) is 79.9 Å². The molecule has 0 amide bonds. The molecule has 0 unspecified atom stereocenters. The maximum Gasteiger partial charge on any atom is 0.365 e. The highest BCUT2D eigenvalue weighted by Crippen LogP contribution is 2.14. The van der Waals surface area contributed by atoms with E-state index in [1.165, 1.54) is 48.7 Å². The average Bonchev–Trinajstić information content (AvgIpc) is 2.55. The first-order valence-electron chi connectivity index (χ1n) is 6.21. The molecule has 9 heteroatoms. The number of nitrogens with zero attached hydrogens (tertiary/aromatic N) is 3. The largest absolute Gasteiger partial charge is 0.365 e. The van der Waals surface area contributed by atoms with Crippen LogP contribution in [0.1, 0.15) is 15.9 Å². The lowest BCUT2D eigenvalue weighted by molar-refractivity contribution is -0.385. The first-order valence-corrected chi connectivity index (χ1v) is 6.21. The maximum atomic E-state index is 11.7. The molecule has 2 rings (SSSR count). The number of nitro groups is 2. The Bertz CT molecular complexity index is 785. The van der Waals surface area contributed by atoms with Crippen molar-refractivity contribution in [2.24, 2.45) is 5.16 Å². The summed E-state index contributed by atoms with van der Waals surface area (Å²) in [6.07, 6.45) is 1.19. The molecule has 9 nitrogen and oxygen atoms in total. The minimum absolute atomic E-state index is 0.0138. The van der Waals surface area contributed by atoms with Crippen LogP contribution in [-0.2, 0) is 4.84 Å². The predicted molar refractivity (Wildman–Crippen MR) is 79.2 cm³/mol. The number of oxime groups is 1. The molecule has 0 aliphatic carbocycles. The SMILES string of the molecule is O=C(ON=Cc1ccc([N+](=O)[O-])cc1)c1cccc([N+](=O)[O-])c1. The van der Waals surface area contributed by atoms with E-state index in [2.05, 4.69) is 9.99 Å². The summed E-state index contributed by atoms with van der Waals surface area (Å²) in [4.78, 5) is 36.3. The van der Waals surface area contributed by atoms with Gasteiger partial charge in [-0.2, -0.15) is 0 Å². The first-order chi connectivity index (χ1) is 11.0. The van der Waals surface area contributed by atoms with Crippen LogP contribution < -0.4 is 0 Å². The van der Waals surface area contributed by atoms with Crippen LogP contribution in [0.15, 0.2) is 53.7 Å². The second kappa shape index (κ2) is 6.89. The van der Waals surface area contributed by atoms with Crippen LogP contribution in [0.5, 0.6) is 0 Å². The minimum Gasteiger partial charge on any atom is -0.313 e. The van der Waals surface area contributed by atoms with Crippen molar-refractivity contribution in [3.63, 3.8) is 0 Å². The molecule has 116 valence electrons. The van der Waals surface area contributed by atoms with Gasteiger partial charge in [0.2, 0.25) is 0 Å². The number of non-ortho nitro benzene ring substituents is 2. The van der Waals surface area contributed by atoms with Gasteiger partial charge in [0.25, 0.3) is 11.4 Å². The Labute approximate surface area is 129 Å². The summed E-state index contributed by atoms with van der Waals surface area (Å²) in [6.45, 7) is 0. The van der Waals surface area contributed by atoms with E-state index in [-0.39, 0.29) is 16.9 Å². The van der Waals surface area contributed by atoms with Gasteiger partial charge in [-0.15, -0.1) is 0 Å². The number of carbonyl (C=O) groups is 1. The second-order valence-corrected chi connectivity index (χ2v) is 4.27. The Kier molecular flexibility index (Phi) is 4.72. The van der Waals surface area contributed by atoms with Gasteiger partial charge < -0.3 is 4.84 Å². The van der Waals surface area contributed by atoms with E-state index in [1.54, 1.807) is 0 Å². The van der Waals surface area contributed by atoms with Crippen molar-refractivity contribution in [1.29, 1.82) is 0 Å². The Balaban J connectivity index is 2.02. The van der Waals surface area contributed by atoms with Gasteiger partial charge in [0.15, 0.2) is 0 Å². The Morgan fingerprint density at radius 2 is 1.65 bits per heavy atom. The first kappa shape index (κ1) is 15.8. The molecule has 0 saturated heterocycles. The lowest BCUT2D eigenvalue weighted by Crippen LogP contribution is -2.02. The van der Waals surface area contributed by atoms with Gasteiger partial charge in [-0.1, -0.05) is 11.2 Å². The van der Waals surface area contributed by atoms with Crippen LogP contribution in [-0.4, -0.2) is 22.0 Å². The van der Waals surface area contributed by atoms with Crippen molar-refractivity contribution in [3.8, 4) is 0 Å². The maximum absolute atomic E-state index is 11.7. The molecule has 0 saturated carbocycles. The standard InChI is InChI=1S/C14H9N3O6/c18-14(11-2-1-3-13(8-11)17(21)22)23-15-9-10-4-6-12(7-5-10)16(19)20/h1-9H. The second-order valence-electron chi connectivity index (χ2n) is 4.27. The fraction of sp³-hybridized carbons (Fsp3) is 0. The Morgan fingerprint density at radius 1 is 1.00 bits per heavy atom. The Morgan fingerprint density at radius 3 is 2.26 bits per heavy atom. The van der Waals surface area contributed by atoms with E-state index in [9.17, 15) is 25.0 Å². The van der Waals surface area contributed by atoms with E-state index < -0.39 is 15.8 Å². The molecule has 0 spiro atoms. The van der Waals surface area contributed by atoms with Gasteiger partial charge in [-0.3, -0.25) is 20.2 Å². The van der Waals surface area contributed by atoms with Gasteiger partial charge in [-0.25, -0.2) is 4.79 Å². The van der Waals surface area contributed by atoms with Crippen molar-refractivity contribution < 1.29 is 19.5 Å². The molecule has 0 aliphatic rings. The van der Waals surface area contributed by atoms with Gasteiger partial charge in [0.1, 0.15) is 0 Å². The third-order valence-corrected chi connectivity index (χ3v) is 2.73. The monoisotopic (exact) mass is 315 g/mol. The van der Waals surface area contributed by atoms with Crippen LogP contribution in [0.3, 0.4) is 0 Å². The predicted octanol–water partition coefficient (Wildman–Crippen LogP) is 2.69. The van der Waals surface area contributed by atoms with Crippen LogP contribution in [0.4, 0.5) is 11.4 Å². The van der Waals surface area contributed by atoms with Crippen LogP contribution in [0.2, 0.25) is 0 Å². The summed E-state index contributed by atoms with van der Waals surface area (Å²) in [5.74, 6) is -0.855. The number of hydrogen-bond donors (Lipinski definition) is 0. The van der Waals surface area contributed by atoms with Crippen LogP contribution in [0, 0.1) is 20.2 Å². The van der Waals surface area contributed by atoms with Gasteiger partial charge in [0.05, 0.1) is 21.6 Å². The number of hydrogen-bond acceptors (Lipinski definition) is 7. The molecular formula is C14H9N3O6. The zero-order valence-electron chi connectivity index (χ0n) is 11.5. The quantitative estimate of drug-likeness (QED) is 0.361. The summed E-state index contributed by atoms with van der Waals surface area (Å²) >= 11 is 0. The molecular weight excluding hydrogens is 306 g/mol. The molecule has 23 heavy (non-hydrogen) atoms. The molecule has 2 aromatic carbocycles. The number of rotatable bonds is 5. The molecule has 0 heterocycles. The van der Waals surface area contributed by atoms with Crippen LogP contribution >= 0.6 is 0 Å². The van der Waals surface area contributed by atoms with E-state index in [4.69, 9.17) is 0 Å². The van der Waals surface area contributed by atoms with Gasteiger partial charge >= 0.3 is 5.97 Å². The minimum atomic E-state index is -0.855. The van der Waals surface area contributed by atoms with Crippen molar-refractivity contribution >= 4 is 23.6 Å². The van der Waals surface area contributed by atoms with Gasteiger partial charge in [-0.05, 0) is 23.8 Å². The van der Waals surface area contributed by atoms with Crippen LogP contribution in [0.25, 0.3) is 0 Å². The zero-order chi connectivity index (χ0) is 16.8. The summed E-state index contributed by atoms with van der Waals surface area (Å²) in [6, 6.07) is 10.5. The number of carbonyl (C=O) groups excluding carboxylic acids is 1. The lowest BCUT2D eigenvalue weighted by Gasteiger charge is -1.98. The fourth-order valence-electron chi connectivity index (χ4n) is 1.62. The third-order valence-electron chi connectivity index (χ3n) is 2.73. The molecule has 0 fully saturated rings. The number of benzene rings is 2. The highest BCUT2D eigenvalue weighted by Gasteiger charge is 2.12. The smallest absolute Gasteiger partial charge is 0.313 e. The summed E-state index contributed by atoms with van der Waals surface area (Å²) in [7, 11) is 0. The fourth-order valence-corrected chi connectivity index (χ4v) is 1.62. The normalized spacial score (nSPS) is 10.4. The molecule has 0 N–H and O–H groups in total. The van der Waals surface area contributed by atoms with E-state index >= 15 is 0 Å². The van der Waals surface area contributed by atoms with Crippen molar-refractivity contribution in [1.82, 2.24) is 0 Å².